The van der Waals surface area contributed by atoms with Gasteiger partial charge in [-0.15, -0.1) is 0 Å². The highest BCUT2D eigenvalue weighted by Crippen LogP contribution is 2.29. The number of rotatable bonds is 4. The minimum Gasteiger partial charge on any atom is -0.320 e. The molecule has 1 atom stereocenters. The molecule has 0 aromatic heterocycles. The highest BCUT2D eigenvalue weighted by atomic mass is 79.9. The Morgan fingerprint density at radius 2 is 1.65 bits per heavy atom. The van der Waals surface area contributed by atoms with E-state index < -0.39 is 0 Å². The minimum atomic E-state index is -0.106. The quantitative estimate of drug-likeness (QED) is 0.729. The summed E-state index contributed by atoms with van der Waals surface area (Å²) in [6, 6.07) is 14.6. The topological polar surface area (TPSA) is 26.0 Å². The fourth-order valence-corrected chi connectivity index (χ4v) is 3.56. The minimum absolute atomic E-state index is 0.106. The van der Waals surface area contributed by atoms with E-state index in [1.54, 1.807) is 0 Å². The second-order valence-electron chi connectivity index (χ2n) is 5.48. The van der Waals surface area contributed by atoms with Crippen LogP contribution in [-0.2, 0) is 6.42 Å². The molecule has 0 heterocycles. The zero-order chi connectivity index (χ0) is 14.7. The molecule has 0 saturated heterocycles. The van der Waals surface area contributed by atoms with Gasteiger partial charge < -0.3 is 5.73 Å². The third kappa shape index (κ3) is 3.94. The summed E-state index contributed by atoms with van der Waals surface area (Å²) in [5.41, 5.74) is 9.98. The van der Waals surface area contributed by atoms with Gasteiger partial charge in [-0.1, -0.05) is 76.0 Å². The second kappa shape index (κ2) is 6.88. The SMILES string of the molecule is CC(C)Cc1ccc(C(N)c2ccc(Br)cc2Br)cc1. The highest BCUT2D eigenvalue weighted by molar-refractivity contribution is 9.11. The van der Waals surface area contributed by atoms with Crippen molar-refractivity contribution in [1.82, 2.24) is 0 Å². The number of hydrogen-bond donors (Lipinski definition) is 1. The van der Waals surface area contributed by atoms with E-state index in [9.17, 15) is 0 Å². The standard InChI is InChI=1S/C17H19Br2N/c1-11(2)9-12-3-5-13(6-4-12)17(20)15-8-7-14(18)10-16(15)19/h3-8,10-11,17H,9,20H2,1-2H3. The lowest BCUT2D eigenvalue weighted by atomic mass is 9.96. The van der Waals surface area contributed by atoms with Gasteiger partial charge in [-0.3, -0.25) is 0 Å². The van der Waals surface area contributed by atoms with Crippen LogP contribution in [0.4, 0.5) is 0 Å². The van der Waals surface area contributed by atoms with Gasteiger partial charge in [0.05, 0.1) is 6.04 Å². The largest absolute Gasteiger partial charge is 0.320 e. The van der Waals surface area contributed by atoms with E-state index in [1.165, 1.54) is 5.56 Å². The zero-order valence-electron chi connectivity index (χ0n) is 11.7. The van der Waals surface area contributed by atoms with E-state index in [0.29, 0.717) is 5.92 Å². The molecule has 0 radical (unpaired) electrons. The Morgan fingerprint density at radius 1 is 1.00 bits per heavy atom. The first-order valence-electron chi connectivity index (χ1n) is 6.76. The van der Waals surface area contributed by atoms with Gasteiger partial charge in [-0.05, 0) is 41.2 Å². The second-order valence-corrected chi connectivity index (χ2v) is 7.25. The zero-order valence-corrected chi connectivity index (χ0v) is 14.9. The lowest BCUT2D eigenvalue weighted by Gasteiger charge is -2.15. The molecule has 1 nitrogen and oxygen atoms in total. The van der Waals surface area contributed by atoms with Crippen molar-refractivity contribution in [2.24, 2.45) is 11.7 Å². The maximum atomic E-state index is 6.37. The lowest BCUT2D eigenvalue weighted by Crippen LogP contribution is -2.12. The van der Waals surface area contributed by atoms with Crippen molar-refractivity contribution in [3.63, 3.8) is 0 Å². The summed E-state index contributed by atoms with van der Waals surface area (Å²) in [4.78, 5) is 0. The summed E-state index contributed by atoms with van der Waals surface area (Å²) >= 11 is 7.05. The molecule has 3 heteroatoms. The van der Waals surface area contributed by atoms with Crippen molar-refractivity contribution >= 4 is 31.9 Å². The van der Waals surface area contributed by atoms with Crippen LogP contribution in [0.1, 0.15) is 36.6 Å². The molecular formula is C17H19Br2N. The fourth-order valence-electron chi connectivity index (χ4n) is 2.27. The molecule has 2 N–H and O–H groups in total. The van der Waals surface area contributed by atoms with Crippen molar-refractivity contribution in [2.75, 3.05) is 0 Å². The van der Waals surface area contributed by atoms with Gasteiger partial charge in [0, 0.05) is 8.95 Å². The van der Waals surface area contributed by atoms with E-state index in [-0.39, 0.29) is 6.04 Å². The van der Waals surface area contributed by atoms with Gasteiger partial charge in [0.25, 0.3) is 0 Å². The van der Waals surface area contributed by atoms with Crippen LogP contribution in [0.25, 0.3) is 0 Å². The summed E-state index contributed by atoms with van der Waals surface area (Å²) in [7, 11) is 0. The Morgan fingerprint density at radius 3 is 2.20 bits per heavy atom. The van der Waals surface area contributed by atoms with Gasteiger partial charge in [-0.25, -0.2) is 0 Å². The molecule has 0 saturated carbocycles. The Hall–Kier alpha value is -0.640. The molecule has 0 amide bonds. The molecule has 2 aromatic rings. The molecule has 2 aromatic carbocycles. The Balaban J connectivity index is 2.22. The van der Waals surface area contributed by atoms with Crippen molar-refractivity contribution in [2.45, 2.75) is 26.3 Å². The van der Waals surface area contributed by atoms with E-state index in [4.69, 9.17) is 5.73 Å². The molecule has 0 aliphatic carbocycles. The molecule has 0 spiro atoms. The Kier molecular flexibility index (Phi) is 5.42. The van der Waals surface area contributed by atoms with Crippen molar-refractivity contribution in [1.29, 1.82) is 0 Å². The average molecular weight is 397 g/mol. The molecule has 0 fully saturated rings. The third-order valence-electron chi connectivity index (χ3n) is 3.28. The number of nitrogens with two attached hydrogens (primary N) is 1. The molecule has 2 rings (SSSR count). The number of hydrogen-bond acceptors (Lipinski definition) is 1. The van der Waals surface area contributed by atoms with Crippen LogP contribution in [0.2, 0.25) is 0 Å². The predicted molar refractivity (Wildman–Crippen MR) is 92.9 cm³/mol. The van der Waals surface area contributed by atoms with Crippen molar-refractivity contribution < 1.29 is 0 Å². The van der Waals surface area contributed by atoms with E-state index >= 15 is 0 Å². The smallest absolute Gasteiger partial charge is 0.0562 e. The highest BCUT2D eigenvalue weighted by Gasteiger charge is 2.12. The summed E-state index contributed by atoms with van der Waals surface area (Å²) in [6.07, 6.45) is 1.11. The average Bonchev–Trinajstić information content (AvgIpc) is 2.38. The molecule has 20 heavy (non-hydrogen) atoms. The van der Waals surface area contributed by atoms with Crippen LogP contribution in [0, 0.1) is 5.92 Å². The molecule has 0 bridgehead atoms. The molecular weight excluding hydrogens is 378 g/mol. The van der Waals surface area contributed by atoms with Gasteiger partial charge in [-0.2, -0.15) is 0 Å². The van der Waals surface area contributed by atoms with Crippen LogP contribution < -0.4 is 5.73 Å². The van der Waals surface area contributed by atoms with Gasteiger partial charge in [0.1, 0.15) is 0 Å². The summed E-state index contributed by atoms with van der Waals surface area (Å²) in [5.74, 6) is 0.676. The maximum absolute atomic E-state index is 6.37. The summed E-state index contributed by atoms with van der Waals surface area (Å²) in [5, 5.41) is 0. The number of benzene rings is 2. The predicted octanol–water partition coefficient (Wildman–Crippen LogP) is 5.46. The summed E-state index contributed by atoms with van der Waals surface area (Å²) in [6.45, 7) is 4.47. The first kappa shape index (κ1) is 15.7. The monoisotopic (exact) mass is 395 g/mol. The lowest BCUT2D eigenvalue weighted by molar-refractivity contribution is 0.647. The summed E-state index contributed by atoms with van der Waals surface area (Å²) < 4.78 is 2.08. The first-order valence-corrected chi connectivity index (χ1v) is 8.35. The van der Waals surface area contributed by atoms with Crippen LogP contribution >= 0.6 is 31.9 Å². The van der Waals surface area contributed by atoms with Gasteiger partial charge >= 0.3 is 0 Å². The third-order valence-corrected chi connectivity index (χ3v) is 4.46. The van der Waals surface area contributed by atoms with E-state index in [2.05, 4.69) is 76.0 Å². The maximum Gasteiger partial charge on any atom is 0.0562 e. The van der Waals surface area contributed by atoms with Crippen molar-refractivity contribution in [3.05, 3.63) is 68.1 Å². The first-order chi connectivity index (χ1) is 9.47. The Bertz CT molecular complexity index is 576. The number of halogens is 2. The molecule has 1 unspecified atom stereocenters. The Labute approximate surface area is 137 Å². The van der Waals surface area contributed by atoms with E-state index in [1.807, 2.05) is 12.1 Å². The van der Waals surface area contributed by atoms with Gasteiger partial charge in [0.15, 0.2) is 0 Å². The fraction of sp³-hybridized carbons (Fsp3) is 0.294. The van der Waals surface area contributed by atoms with Crippen LogP contribution in [0.15, 0.2) is 51.4 Å². The van der Waals surface area contributed by atoms with Crippen LogP contribution in [0.3, 0.4) is 0 Å². The van der Waals surface area contributed by atoms with Crippen LogP contribution in [-0.4, -0.2) is 0 Å². The normalized spacial score (nSPS) is 12.7. The molecule has 0 aliphatic heterocycles. The van der Waals surface area contributed by atoms with Crippen LogP contribution in [0.5, 0.6) is 0 Å². The molecule has 106 valence electrons. The van der Waals surface area contributed by atoms with E-state index in [0.717, 1.165) is 26.5 Å². The van der Waals surface area contributed by atoms with Crippen molar-refractivity contribution in [3.8, 4) is 0 Å². The molecule has 0 aliphatic rings. The van der Waals surface area contributed by atoms with Gasteiger partial charge in [0.2, 0.25) is 0 Å².